The maximum atomic E-state index is 13.4. The molecular formula is C23H24N4O3S. The predicted molar refractivity (Wildman–Crippen MR) is 122 cm³/mol. The Morgan fingerprint density at radius 1 is 1.03 bits per heavy atom. The number of rotatable bonds is 7. The number of hydrogen-bond donors (Lipinski definition) is 1. The van der Waals surface area contributed by atoms with E-state index in [1.807, 2.05) is 32.9 Å². The molecule has 0 radical (unpaired) electrons. The van der Waals surface area contributed by atoms with Crippen molar-refractivity contribution in [3.63, 3.8) is 0 Å². The minimum absolute atomic E-state index is 0.115. The first-order valence-electron chi connectivity index (χ1n) is 9.67. The van der Waals surface area contributed by atoms with Gasteiger partial charge in [0.2, 0.25) is 0 Å². The van der Waals surface area contributed by atoms with E-state index in [0.29, 0.717) is 11.4 Å². The molecule has 0 fully saturated rings. The molecule has 0 aliphatic rings. The maximum absolute atomic E-state index is 13.4. The number of hydrazone groups is 1. The number of amides is 1. The average Bonchev–Trinajstić information content (AvgIpc) is 2.75. The summed E-state index contributed by atoms with van der Waals surface area (Å²) in [5, 5.41) is 3.89. The average molecular weight is 437 g/mol. The number of aryl methyl sites for hydroxylation is 3. The standard InChI is InChI=1S/C23H24N4O3S/c1-17-8-11-21(12-9-17)31(29,30)27(22-14-18(2)7-10-19(22)3)16-23(28)26-25-15-20-6-4-5-13-24-20/h4-15H,16H2,1-3H3,(H,26,28)/b25-15-. The predicted octanol–water partition coefficient (Wildman–Crippen LogP) is 3.35. The normalized spacial score (nSPS) is 11.5. The molecule has 1 amide bonds. The van der Waals surface area contributed by atoms with Gasteiger partial charge in [-0.05, 0) is 62.2 Å². The Kier molecular flexibility index (Phi) is 6.81. The highest BCUT2D eigenvalue weighted by molar-refractivity contribution is 7.92. The highest BCUT2D eigenvalue weighted by atomic mass is 32.2. The Hall–Kier alpha value is -3.52. The second-order valence-corrected chi connectivity index (χ2v) is 9.02. The van der Waals surface area contributed by atoms with Gasteiger partial charge in [-0.3, -0.25) is 14.1 Å². The number of pyridine rings is 1. The third-order valence-electron chi connectivity index (χ3n) is 4.60. The first-order chi connectivity index (χ1) is 14.8. The fourth-order valence-electron chi connectivity index (χ4n) is 2.91. The summed E-state index contributed by atoms with van der Waals surface area (Å²) in [4.78, 5) is 16.8. The van der Waals surface area contributed by atoms with Gasteiger partial charge in [0, 0.05) is 6.20 Å². The van der Waals surface area contributed by atoms with E-state index in [9.17, 15) is 13.2 Å². The summed E-state index contributed by atoms with van der Waals surface area (Å²) in [6, 6.07) is 17.3. The number of aromatic nitrogens is 1. The molecular weight excluding hydrogens is 412 g/mol. The minimum atomic E-state index is -3.97. The molecule has 8 heteroatoms. The van der Waals surface area contributed by atoms with Crippen LogP contribution < -0.4 is 9.73 Å². The molecule has 0 unspecified atom stereocenters. The fourth-order valence-corrected chi connectivity index (χ4v) is 4.39. The third-order valence-corrected chi connectivity index (χ3v) is 6.38. The first kappa shape index (κ1) is 22.2. The van der Waals surface area contributed by atoms with Crippen LogP contribution in [0.5, 0.6) is 0 Å². The van der Waals surface area contributed by atoms with Crippen molar-refractivity contribution in [2.24, 2.45) is 5.10 Å². The zero-order valence-electron chi connectivity index (χ0n) is 17.6. The van der Waals surface area contributed by atoms with E-state index in [4.69, 9.17) is 0 Å². The number of nitrogens with one attached hydrogen (secondary N) is 1. The molecule has 0 saturated heterocycles. The van der Waals surface area contributed by atoms with Gasteiger partial charge in [-0.2, -0.15) is 5.10 Å². The Morgan fingerprint density at radius 3 is 2.42 bits per heavy atom. The van der Waals surface area contributed by atoms with Gasteiger partial charge in [0.15, 0.2) is 0 Å². The lowest BCUT2D eigenvalue weighted by molar-refractivity contribution is -0.119. The van der Waals surface area contributed by atoms with Crippen LogP contribution in [-0.2, 0) is 14.8 Å². The van der Waals surface area contributed by atoms with Crippen molar-refractivity contribution in [1.82, 2.24) is 10.4 Å². The van der Waals surface area contributed by atoms with Crippen LogP contribution in [0, 0.1) is 20.8 Å². The highest BCUT2D eigenvalue weighted by Crippen LogP contribution is 2.28. The molecule has 0 aliphatic carbocycles. The van der Waals surface area contributed by atoms with Crippen LogP contribution in [0.4, 0.5) is 5.69 Å². The molecule has 0 saturated carbocycles. The van der Waals surface area contributed by atoms with Gasteiger partial charge >= 0.3 is 0 Å². The molecule has 3 aromatic rings. The molecule has 7 nitrogen and oxygen atoms in total. The summed E-state index contributed by atoms with van der Waals surface area (Å²) in [6.45, 7) is 5.15. The summed E-state index contributed by atoms with van der Waals surface area (Å²) < 4.78 is 28.0. The summed E-state index contributed by atoms with van der Waals surface area (Å²) >= 11 is 0. The van der Waals surface area contributed by atoms with E-state index < -0.39 is 22.5 Å². The summed E-state index contributed by atoms with van der Waals surface area (Å²) in [5.74, 6) is -0.566. The van der Waals surface area contributed by atoms with Crippen molar-refractivity contribution < 1.29 is 13.2 Å². The van der Waals surface area contributed by atoms with Crippen molar-refractivity contribution in [3.05, 3.63) is 89.2 Å². The molecule has 0 aliphatic heterocycles. The second-order valence-electron chi connectivity index (χ2n) is 7.16. The van der Waals surface area contributed by atoms with Crippen molar-refractivity contribution in [1.29, 1.82) is 0 Å². The number of nitrogens with zero attached hydrogens (tertiary/aromatic N) is 3. The van der Waals surface area contributed by atoms with Gasteiger partial charge < -0.3 is 0 Å². The third kappa shape index (κ3) is 5.55. The van der Waals surface area contributed by atoms with Crippen LogP contribution in [0.3, 0.4) is 0 Å². The summed E-state index contributed by atoms with van der Waals surface area (Å²) in [7, 11) is -3.97. The van der Waals surface area contributed by atoms with Crippen molar-refractivity contribution in [2.45, 2.75) is 25.7 Å². The zero-order valence-corrected chi connectivity index (χ0v) is 18.4. The lowest BCUT2D eigenvalue weighted by atomic mass is 10.1. The minimum Gasteiger partial charge on any atom is -0.271 e. The number of sulfonamides is 1. The Labute approximate surface area is 182 Å². The number of benzene rings is 2. The van der Waals surface area contributed by atoms with Crippen molar-refractivity contribution >= 4 is 27.8 Å². The molecule has 3 rings (SSSR count). The summed E-state index contributed by atoms with van der Waals surface area (Å²) in [5.41, 5.74) is 5.97. The SMILES string of the molecule is Cc1ccc(S(=O)(=O)N(CC(=O)N/N=C\c2ccccn2)c2cc(C)ccc2C)cc1. The summed E-state index contributed by atoms with van der Waals surface area (Å²) in [6.07, 6.45) is 3.01. The largest absolute Gasteiger partial charge is 0.271 e. The van der Waals surface area contributed by atoms with E-state index in [1.165, 1.54) is 6.21 Å². The van der Waals surface area contributed by atoms with Crippen LogP contribution in [0.2, 0.25) is 0 Å². The van der Waals surface area contributed by atoms with Crippen LogP contribution >= 0.6 is 0 Å². The monoisotopic (exact) mass is 436 g/mol. The Balaban J connectivity index is 1.90. The molecule has 0 spiro atoms. The Bertz CT molecular complexity index is 1190. The quantitative estimate of drug-likeness (QED) is 0.454. The lowest BCUT2D eigenvalue weighted by Gasteiger charge is -2.25. The van der Waals surface area contributed by atoms with Gasteiger partial charge in [0.25, 0.3) is 15.9 Å². The number of carbonyl (C=O) groups is 1. The van der Waals surface area contributed by atoms with Crippen LogP contribution in [0.15, 0.2) is 76.9 Å². The molecule has 1 heterocycles. The van der Waals surface area contributed by atoms with Gasteiger partial charge in [0.05, 0.1) is 22.5 Å². The van der Waals surface area contributed by atoms with Crippen molar-refractivity contribution in [2.75, 3.05) is 10.8 Å². The molecule has 1 aromatic heterocycles. The van der Waals surface area contributed by atoms with Gasteiger partial charge in [0.1, 0.15) is 6.54 Å². The number of hydrogen-bond acceptors (Lipinski definition) is 5. The Morgan fingerprint density at radius 2 is 1.74 bits per heavy atom. The van der Waals surface area contributed by atoms with E-state index in [1.54, 1.807) is 54.7 Å². The van der Waals surface area contributed by atoms with E-state index in [2.05, 4.69) is 15.5 Å². The number of carbonyl (C=O) groups excluding carboxylic acids is 1. The van der Waals surface area contributed by atoms with Gasteiger partial charge in [-0.1, -0.05) is 35.9 Å². The fraction of sp³-hybridized carbons (Fsp3) is 0.174. The maximum Gasteiger partial charge on any atom is 0.264 e. The molecule has 160 valence electrons. The molecule has 1 N–H and O–H groups in total. The first-order valence-corrected chi connectivity index (χ1v) is 11.1. The van der Waals surface area contributed by atoms with Gasteiger partial charge in [-0.25, -0.2) is 13.8 Å². The van der Waals surface area contributed by atoms with Crippen LogP contribution in [0.25, 0.3) is 0 Å². The van der Waals surface area contributed by atoms with Gasteiger partial charge in [-0.15, -0.1) is 0 Å². The molecule has 2 aromatic carbocycles. The number of anilines is 1. The lowest BCUT2D eigenvalue weighted by Crippen LogP contribution is -2.40. The zero-order chi connectivity index (χ0) is 22.4. The van der Waals surface area contributed by atoms with E-state index in [0.717, 1.165) is 21.0 Å². The van der Waals surface area contributed by atoms with E-state index in [-0.39, 0.29) is 4.90 Å². The van der Waals surface area contributed by atoms with Crippen LogP contribution in [-0.4, -0.2) is 32.1 Å². The van der Waals surface area contributed by atoms with Crippen LogP contribution in [0.1, 0.15) is 22.4 Å². The second kappa shape index (κ2) is 9.53. The molecule has 31 heavy (non-hydrogen) atoms. The smallest absolute Gasteiger partial charge is 0.264 e. The molecule has 0 bridgehead atoms. The topological polar surface area (TPSA) is 91.7 Å². The highest BCUT2D eigenvalue weighted by Gasteiger charge is 2.28. The van der Waals surface area contributed by atoms with E-state index >= 15 is 0 Å². The van der Waals surface area contributed by atoms with Crippen molar-refractivity contribution in [3.8, 4) is 0 Å². The molecule has 0 atom stereocenters.